The summed E-state index contributed by atoms with van der Waals surface area (Å²) in [5.74, 6) is 2.67. The van der Waals surface area contributed by atoms with Crippen LogP contribution in [0.2, 0.25) is 0 Å². The van der Waals surface area contributed by atoms with Crippen molar-refractivity contribution in [2.45, 2.75) is 71.1 Å². The van der Waals surface area contributed by atoms with Crippen molar-refractivity contribution >= 4 is 0 Å². The Morgan fingerprint density at radius 1 is 0.923 bits per heavy atom. The maximum absolute atomic E-state index is 7.35. The predicted molar refractivity (Wildman–Crippen MR) is 60.7 cm³/mol. The molecule has 1 atom stereocenters. The van der Waals surface area contributed by atoms with Gasteiger partial charge in [0.2, 0.25) is 0 Å². The average Bonchev–Trinajstić information content (AvgIpc) is 2.15. The lowest BCUT2D eigenvalue weighted by Crippen LogP contribution is -1.80. The van der Waals surface area contributed by atoms with E-state index in [0.29, 0.717) is 0 Å². The van der Waals surface area contributed by atoms with Crippen LogP contribution in [0.25, 0.3) is 0 Å². The topological polar surface area (TPSA) is 0 Å². The fourth-order valence-corrected chi connectivity index (χ4v) is 1.46. The molecular weight excluding hydrogens is 156 g/mol. The summed E-state index contributed by atoms with van der Waals surface area (Å²) in [6.07, 6.45) is 16.3. The third kappa shape index (κ3) is 11.6. The van der Waals surface area contributed by atoms with E-state index in [1.807, 2.05) is 6.92 Å². The molecule has 0 saturated carbocycles. The van der Waals surface area contributed by atoms with Gasteiger partial charge in [0.05, 0.1) is 0 Å². The van der Waals surface area contributed by atoms with E-state index in [1.165, 1.54) is 44.9 Å². The molecule has 0 aromatic heterocycles. The van der Waals surface area contributed by atoms with Crippen LogP contribution in [0.4, 0.5) is 0 Å². The molecule has 0 aliphatic rings. The lowest BCUT2D eigenvalue weighted by Gasteiger charge is -1.99. The summed E-state index contributed by atoms with van der Waals surface area (Å²) in [6, 6.07) is 0. The summed E-state index contributed by atoms with van der Waals surface area (Å²) < 4.78 is 7.35. The molecule has 0 amide bonds. The maximum atomic E-state index is 7.35. The monoisotopic (exact) mass is 181 g/mol. The number of unbranched alkanes of at least 4 members (excludes halogenated alkanes) is 7. The highest BCUT2D eigenvalue weighted by Gasteiger charge is 1.90. The smallest absolute Gasteiger partial charge is 0.0264 e. The van der Waals surface area contributed by atoms with Crippen molar-refractivity contribution in [3.05, 3.63) is 0 Å². The summed E-state index contributed by atoms with van der Waals surface area (Å²) in [5.41, 5.74) is 0. The van der Waals surface area contributed by atoms with Gasteiger partial charge >= 0.3 is 0 Å². The van der Waals surface area contributed by atoms with Gasteiger partial charge in [-0.2, -0.15) is 0 Å². The molecule has 13 heavy (non-hydrogen) atoms. The first-order chi connectivity index (χ1) is 6.77. The first-order valence-electron chi connectivity index (χ1n) is 6.21. The average molecular weight is 181 g/mol. The van der Waals surface area contributed by atoms with Crippen molar-refractivity contribution in [2.24, 2.45) is 0 Å². The molecule has 76 valence electrons. The van der Waals surface area contributed by atoms with Gasteiger partial charge in [0, 0.05) is 7.79 Å². The Labute approximate surface area is 85.5 Å². The Bertz CT molecular complexity index is 144. The molecule has 0 aliphatic heterocycles. The molecule has 0 rings (SSSR count). The Morgan fingerprint density at radius 3 is 1.85 bits per heavy atom. The lowest BCUT2D eigenvalue weighted by molar-refractivity contribution is 0.567. The summed E-state index contributed by atoms with van der Waals surface area (Å²) >= 11 is 0. The molecule has 0 radical (unpaired) electrons. The molecule has 0 nitrogen and oxygen atoms in total. The van der Waals surface area contributed by atoms with E-state index in [9.17, 15) is 0 Å². The zero-order chi connectivity index (χ0) is 10.6. The summed E-state index contributed by atoms with van der Waals surface area (Å²) in [5, 5.41) is 0. The number of rotatable bonds is 9. The molecule has 0 aliphatic carbocycles. The van der Waals surface area contributed by atoms with E-state index in [0.717, 1.165) is 12.8 Å². The molecule has 0 fully saturated rings. The van der Waals surface area contributed by atoms with Crippen molar-refractivity contribution in [3.63, 3.8) is 0 Å². The molecule has 0 N–H and O–H groups in total. The van der Waals surface area contributed by atoms with Gasteiger partial charge in [0.1, 0.15) is 0 Å². The van der Waals surface area contributed by atoms with Gasteiger partial charge in [-0.3, -0.25) is 0 Å². The van der Waals surface area contributed by atoms with Gasteiger partial charge in [-0.15, -0.1) is 12.3 Å². The Balaban J connectivity index is 2.89. The third-order valence-electron chi connectivity index (χ3n) is 2.31. The van der Waals surface area contributed by atoms with Crippen molar-refractivity contribution in [1.82, 2.24) is 0 Å². The SMILES string of the molecule is [2H][C@@H](C)CCCCCCCCCC#C. The van der Waals surface area contributed by atoms with E-state index in [1.54, 1.807) is 0 Å². The molecule has 0 heteroatoms. The second kappa shape index (κ2) is 11.6. The summed E-state index contributed by atoms with van der Waals surface area (Å²) in [4.78, 5) is 0. The fraction of sp³-hybridized carbons (Fsp3) is 0.846. The molecular formula is C13H24. The van der Waals surface area contributed by atoms with Gasteiger partial charge in [0.25, 0.3) is 0 Å². The zero-order valence-electron chi connectivity index (χ0n) is 10.0. The summed E-state index contributed by atoms with van der Waals surface area (Å²) in [6.45, 7) is 1.97. The van der Waals surface area contributed by atoms with Crippen molar-refractivity contribution in [1.29, 1.82) is 0 Å². The van der Waals surface area contributed by atoms with E-state index < -0.39 is 0 Å². The van der Waals surface area contributed by atoms with Crippen LogP contribution in [0.15, 0.2) is 0 Å². The number of terminal acetylenes is 1. The quantitative estimate of drug-likeness (QED) is 0.362. The van der Waals surface area contributed by atoms with Crippen molar-refractivity contribution in [2.75, 3.05) is 0 Å². The zero-order valence-corrected chi connectivity index (χ0v) is 9.02. The highest BCUT2D eigenvalue weighted by Crippen LogP contribution is 2.09. The maximum Gasteiger partial charge on any atom is 0.0264 e. The second-order valence-corrected chi connectivity index (χ2v) is 3.63. The van der Waals surface area contributed by atoms with Crippen LogP contribution in [0, 0.1) is 12.3 Å². The summed E-state index contributed by atoms with van der Waals surface area (Å²) in [7, 11) is 0. The highest BCUT2D eigenvalue weighted by atomic mass is 14.0. The van der Waals surface area contributed by atoms with Crippen LogP contribution in [0.1, 0.15) is 72.5 Å². The first kappa shape index (κ1) is 10.6. The minimum atomic E-state index is 0.130. The Kier molecular flexibility index (Phi) is 9.46. The normalized spacial score (nSPS) is 13.4. The van der Waals surface area contributed by atoms with Crippen molar-refractivity contribution < 1.29 is 1.37 Å². The predicted octanol–water partition coefficient (Wildman–Crippen LogP) is 4.54. The van der Waals surface area contributed by atoms with Gasteiger partial charge in [-0.05, 0) is 6.42 Å². The Hall–Kier alpha value is -0.440. The lowest BCUT2D eigenvalue weighted by atomic mass is 10.1. The molecule has 0 saturated heterocycles. The molecule has 0 unspecified atom stereocenters. The molecule has 0 spiro atoms. The van der Waals surface area contributed by atoms with E-state index in [-0.39, 0.29) is 6.40 Å². The number of hydrogen-bond acceptors (Lipinski definition) is 0. The second-order valence-electron chi connectivity index (χ2n) is 3.63. The van der Waals surface area contributed by atoms with Crippen LogP contribution >= 0.6 is 0 Å². The molecule has 0 bridgehead atoms. The van der Waals surface area contributed by atoms with Crippen LogP contribution in [-0.2, 0) is 0 Å². The van der Waals surface area contributed by atoms with Gasteiger partial charge < -0.3 is 0 Å². The molecule has 0 heterocycles. The largest absolute Gasteiger partial charge is 0.120 e. The minimum absolute atomic E-state index is 0.130. The number of hydrogen-bond donors (Lipinski definition) is 0. The van der Waals surface area contributed by atoms with Crippen LogP contribution in [0.3, 0.4) is 0 Å². The Morgan fingerprint density at radius 2 is 1.38 bits per heavy atom. The van der Waals surface area contributed by atoms with Crippen LogP contribution < -0.4 is 0 Å². The third-order valence-corrected chi connectivity index (χ3v) is 2.31. The van der Waals surface area contributed by atoms with Crippen molar-refractivity contribution in [3.8, 4) is 12.3 Å². The first-order valence-corrected chi connectivity index (χ1v) is 5.63. The van der Waals surface area contributed by atoms with Gasteiger partial charge in [-0.25, -0.2) is 0 Å². The molecule has 0 aromatic rings. The van der Waals surface area contributed by atoms with E-state index in [2.05, 4.69) is 5.92 Å². The van der Waals surface area contributed by atoms with Gasteiger partial charge in [0.15, 0.2) is 0 Å². The van der Waals surface area contributed by atoms with Gasteiger partial charge in [-0.1, -0.05) is 58.3 Å². The fourth-order valence-electron chi connectivity index (χ4n) is 1.46. The minimum Gasteiger partial charge on any atom is -0.120 e. The standard InChI is InChI=1S/C13H24/c1-3-5-7-9-11-13-12-10-8-6-4-2/h1H,4-13H2,2H3/i4D/t4-/m0/s1. The van der Waals surface area contributed by atoms with Crippen LogP contribution in [-0.4, -0.2) is 0 Å². The van der Waals surface area contributed by atoms with E-state index in [4.69, 9.17) is 7.79 Å². The van der Waals surface area contributed by atoms with E-state index >= 15 is 0 Å². The molecule has 0 aromatic carbocycles. The van der Waals surface area contributed by atoms with Crippen LogP contribution in [0.5, 0.6) is 0 Å². The highest BCUT2D eigenvalue weighted by molar-refractivity contribution is 4.82.